The quantitative estimate of drug-likeness (QED) is 0.133. The van der Waals surface area contributed by atoms with Crippen molar-refractivity contribution in [1.29, 1.82) is 0 Å². The van der Waals surface area contributed by atoms with Crippen LogP contribution in [0.25, 0.3) is 0 Å². The first-order valence-electron chi connectivity index (χ1n) is 14.7. The minimum absolute atomic E-state index is 0.00657. The van der Waals surface area contributed by atoms with Gasteiger partial charge in [-0.15, -0.1) is 0 Å². The Labute approximate surface area is 205 Å². The summed E-state index contributed by atoms with van der Waals surface area (Å²) in [5.74, 6) is -0.973. The monoisotopic (exact) mass is 468 g/mol. The number of unbranched alkanes of at least 4 members (excludes halogenated alkanes) is 19. The third-order valence-electron chi connectivity index (χ3n) is 6.81. The van der Waals surface area contributed by atoms with Crippen molar-refractivity contribution in [2.24, 2.45) is 0 Å². The Morgan fingerprint density at radius 2 is 0.939 bits per heavy atom. The molecule has 4 heteroatoms. The molecular weight excluding hydrogens is 412 g/mol. The molecule has 0 bridgehead atoms. The molecule has 1 saturated heterocycles. The molecule has 0 N–H and O–H groups in total. The molecule has 0 unspecified atom stereocenters. The average molecular weight is 469 g/mol. The lowest BCUT2D eigenvalue weighted by atomic mass is 10.0. The van der Waals surface area contributed by atoms with Gasteiger partial charge in [-0.2, -0.15) is 0 Å². The van der Waals surface area contributed by atoms with Crippen LogP contribution in [0.1, 0.15) is 155 Å². The Kier molecular flexibility index (Phi) is 20.4. The zero-order valence-electron chi connectivity index (χ0n) is 22.3. The molecule has 33 heavy (non-hydrogen) atoms. The van der Waals surface area contributed by atoms with Crippen molar-refractivity contribution in [3.8, 4) is 0 Å². The maximum absolute atomic E-state index is 11.6. The van der Waals surface area contributed by atoms with Gasteiger partial charge in [-0.05, 0) is 12.8 Å². The highest BCUT2D eigenvalue weighted by Crippen LogP contribution is 2.27. The van der Waals surface area contributed by atoms with Gasteiger partial charge in [0.25, 0.3) is 5.97 Å². The topological polar surface area (TPSA) is 44.8 Å². The molecule has 1 rings (SSSR count). The van der Waals surface area contributed by atoms with E-state index in [1.165, 1.54) is 122 Å². The summed E-state index contributed by atoms with van der Waals surface area (Å²) in [6.07, 6.45) is 28.3. The molecule has 0 atom stereocenters. The molecule has 0 aliphatic carbocycles. The fourth-order valence-electron chi connectivity index (χ4n) is 4.59. The summed E-state index contributed by atoms with van der Waals surface area (Å²) < 4.78 is 17.6. The van der Waals surface area contributed by atoms with Crippen LogP contribution in [-0.4, -0.2) is 31.6 Å². The van der Waals surface area contributed by atoms with E-state index in [9.17, 15) is 4.79 Å². The Bertz CT molecular complexity index is 399. The number of hydrogen-bond acceptors (Lipinski definition) is 4. The number of rotatable bonds is 24. The number of hydrogen-bond donors (Lipinski definition) is 0. The third-order valence-corrected chi connectivity index (χ3v) is 6.81. The van der Waals surface area contributed by atoms with Gasteiger partial charge in [0, 0.05) is 6.42 Å². The molecule has 1 aliphatic heterocycles. The second kappa shape index (κ2) is 22.0. The number of carbonyl (C=O) groups is 1. The minimum Gasteiger partial charge on any atom is -0.327 e. The Morgan fingerprint density at radius 3 is 1.36 bits per heavy atom. The van der Waals surface area contributed by atoms with Crippen LogP contribution in [0.4, 0.5) is 0 Å². The zero-order chi connectivity index (χ0) is 23.9. The normalized spacial score (nSPS) is 15.9. The van der Waals surface area contributed by atoms with Gasteiger partial charge in [-0.25, -0.2) is 0 Å². The SMILES string of the molecule is CCCCCCCCCCCCCC1(OCCCCCCCCCCCC)OCC(=O)CO1. The van der Waals surface area contributed by atoms with Crippen molar-refractivity contribution in [2.45, 2.75) is 161 Å². The van der Waals surface area contributed by atoms with Crippen molar-refractivity contribution in [2.75, 3.05) is 19.8 Å². The second-order valence-electron chi connectivity index (χ2n) is 10.1. The zero-order valence-corrected chi connectivity index (χ0v) is 22.3. The number of ketones is 1. The first-order valence-corrected chi connectivity index (χ1v) is 14.7. The van der Waals surface area contributed by atoms with Crippen LogP contribution in [0.2, 0.25) is 0 Å². The van der Waals surface area contributed by atoms with Crippen LogP contribution < -0.4 is 0 Å². The summed E-state index contributed by atoms with van der Waals surface area (Å²) in [6, 6.07) is 0. The fourth-order valence-corrected chi connectivity index (χ4v) is 4.59. The van der Waals surface area contributed by atoms with E-state index in [0.29, 0.717) is 6.61 Å². The van der Waals surface area contributed by atoms with E-state index >= 15 is 0 Å². The van der Waals surface area contributed by atoms with Crippen molar-refractivity contribution < 1.29 is 19.0 Å². The minimum atomic E-state index is -0.980. The molecule has 0 amide bonds. The van der Waals surface area contributed by atoms with Crippen LogP contribution in [-0.2, 0) is 19.0 Å². The van der Waals surface area contributed by atoms with Crippen molar-refractivity contribution >= 4 is 5.78 Å². The van der Waals surface area contributed by atoms with E-state index < -0.39 is 5.97 Å². The molecule has 1 aliphatic rings. The maximum atomic E-state index is 11.6. The van der Waals surface area contributed by atoms with Gasteiger partial charge in [0.2, 0.25) is 0 Å². The molecule has 0 aromatic carbocycles. The average Bonchev–Trinajstić information content (AvgIpc) is 2.83. The summed E-state index contributed by atoms with van der Waals surface area (Å²) in [5, 5.41) is 0. The fraction of sp³-hybridized carbons (Fsp3) is 0.966. The molecule has 1 heterocycles. The number of carbonyl (C=O) groups excluding carboxylic acids is 1. The van der Waals surface area contributed by atoms with Crippen molar-refractivity contribution in [1.82, 2.24) is 0 Å². The van der Waals surface area contributed by atoms with Crippen molar-refractivity contribution in [3.63, 3.8) is 0 Å². The molecule has 4 nitrogen and oxygen atoms in total. The maximum Gasteiger partial charge on any atom is 0.283 e. The lowest BCUT2D eigenvalue weighted by Crippen LogP contribution is -2.47. The van der Waals surface area contributed by atoms with Gasteiger partial charge in [-0.1, -0.05) is 136 Å². The van der Waals surface area contributed by atoms with E-state index in [-0.39, 0.29) is 19.0 Å². The molecular formula is C29H56O4. The smallest absolute Gasteiger partial charge is 0.283 e. The molecule has 196 valence electrons. The predicted molar refractivity (Wildman–Crippen MR) is 139 cm³/mol. The van der Waals surface area contributed by atoms with Crippen LogP contribution in [0, 0.1) is 0 Å². The molecule has 1 fully saturated rings. The van der Waals surface area contributed by atoms with Gasteiger partial charge in [-0.3, -0.25) is 4.79 Å². The summed E-state index contributed by atoms with van der Waals surface area (Å²) in [7, 11) is 0. The first-order chi connectivity index (χ1) is 16.2. The summed E-state index contributed by atoms with van der Waals surface area (Å²) in [5.41, 5.74) is 0. The second-order valence-corrected chi connectivity index (χ2v) is 10.1. The lowest BCUT2D eigenvalue weighted by molar-refractivity contribution is -0.389. The van der Waals surface area contributed by atoms with Gasteiger partial charge < -0.3 is 14.2 Å². The van der Waals surface area contributed by atoms with Gasteiger partial charge >= 0.3 is 0 Å². The van der Waals surface area contributed by atoms with Gasteiger partial charge in [0.15, 0.2) is 5.78 Å². The largest absolute Gasteiger partial charge is 0.327 e. The molecule has 0 radical (unpaired) electrons. The van der Waals surface area contributed by atoms with Crippen molar-refractivity contribution in [3.05, 3.63) is 0 Å². The molecule has 0 aromatic rings. The predicted octanol–water partition coefficient (Wildman–Crippen LogP) is 8.89. The molecule has 0 spiro atoms. The molecule has 0 saturated carbocycles. The summed E-state index contributed by atoms with van der Waals surface area (Å²) >= 11 is 0. The highest BCUT2D eigenvalue weighted by atomic mass is 16.9. The Balaban J connectivity index is 2.06. The highest BCUT2D eigenvalue weighted by molar-refractivity contribution is 5.81. The van der Waals surface area contributed by atoms with Crippen LogP contribution in [0.3, 0.4) is 0 Å². The van der Waals surface area contributed by atoms with Crippen LogP contribution in [0.15, 0.2) is 0 Å². The van der Waals surface area contributed by atoms with Gasteiger partial charge in [0.05, 0.1) is 6.61 Å². The highest BCUT2D eigenvalue weighted by Gasteiger charge is 2.37. The standard InChI is InChI=1S/C29H56O4/c1-3-5-7-9-11-13-15-16-18-20-22-24-29(32-26-28(30)27-33-29)31-25-23-21-19-17-14-12-10-8-6-4-2/h3-27H2,1-2H3. The Morgan fingerprint density at radius 1 is 0.576 bits per heavy atom. The molecule has 0 aromatic heterocycles. The van der Waals surface area contributed by atoms with E-state index in [2.05, 4.69) is 13.8 Å². The van der Waals surface area contributed by atoms with Crippen LogP contribution >= 0.6 is 0 Å². The first kappa shape index (κ1) is 30.6. The lowest BCUT2D eigenvalue weighted by Gasteiger charge is -2.36. The third kappa shape index (κ3) is 17.6. The van der Waals surface area contributed by atoms with Crippen LogP contribution in [0.5, 0.6) is 0 Å². The Hall–Kier alpha value is -0.450. The van der Waals surface area contributed by atoms with Gasteiger partial charge in [0.1, 0.15) is 13.2 Å². The number of ether oxygens (including phenoxy) is 3. The van der Waals surface area contributed by atoms with E-state index in [4.69, 9.17) is 14.2 Å². The summed E-state index contributed by atoms with van der Waals surface area (Å²) in [4.78, 5) is 11.6. The number of Topliss-reactive ketones (excluding diaryl/α,β-unsaturated/α-hetero) is 1. The summed E-state index contributed by atoms with van der Waals surface area (Å²) in [6.45, 7) is 5.44. The van der Waals surface area contributed by atoms with E-state index in [1.807, 2.05) is 0 Å². The van der Waals surface area contributed by atoms with E-state index in [0.717, 1.165) is 19.3 Å². The van der Waals surface area contributed by atoms with E-state index in [1.54, 1.807) is 0 Å².